The first kappa shape index (κ1) is 7.90. The van der Waals surface area contributed by atoms with Crippen LogP contribution in [-0.4, -0.2) is 45.2 Å². The minimum absolute atomic E-state index is 0.284. The minimum Gasteiger partial charge on any atom is -0.388 e. The van der Waals surface area contributed by atoms with Crippen molar-refractivity contribution in [2.45, 2.75) is 24.6 Å². The SMILES string of the molecule is OC1CC(O)(O)COC1O. The van der Waals surface area contributed by atoms with Gasteiger partial charge in [-0.25, -0.2) is 0 Å². The predicted octanol–water partition coefficient (Wildman–Crippen LogP) is -2.23. The summed E-state index contributed by atoms with van der Waals surface area (Å²) in [6.45, 7) is -0.370. The summed E-state index contributed by atoms with van der Waals surface area (Å²) in [7, 11) is 0. The van der Waals surface area contributed by atoms with E-state index in [9.17, 15) is 0 Å². The van der Waals surface area contributed by atoms with E-state index in [2.05, 4.69) is 4.74 Å². The number of aliphatic hydroxyl groups is 4. The number of hydrogen-bond acceptors (Lipinski definition) is 5. The molecule has 0 bridgehead atoms. The largest absolute Gasteiger partial charge is 0.388 e. The van der Waals surface area contributed by atoms with E-state index in [-0.39, 0.29) is 13.0 Å². The second kappa shape index (κ2) is 2.44. The van der Waals surface area contributed by atoms with Crippen molar-refractivity contribution in [3.63, 3.8) is 0 Å². The molecule has 1 fully saturated rings. The summed E-state index contributed by atoms with van der Waals surface area (Å²) < 4.78 is 4.41. The Bertz CT molecular complexity index is 123. The highest BCUT2D eigenvalue weighted by molar-refractivity contribution is 4.76. The van der Waals surface area contributed by atoms with Crippen molar-refractivity contribution in [3.8, 4) is 0 Å². The maximum absolute atomic E-state index is 8.82. The Morgan fingerprint density at radius 1 is 1.30 bits per heavy atom. The van der Waals surface area contributed by atoms with Gasteiger partial charge in [-0.1, -0.05) is 0 Å². The zero-order valence-corrected chi connectivity index (χ0v) is 5.27. The van der Waals surface area contributed by atoms with Crippen molar-refractivity contribution in [1.29, 1.82) is 0 Å². The van der Waals surface area contributed by atoms with E-state index in [0.717, 1.165) is 0 Å². The highest BCUT2D eigenvalue weighted by atomic mass is 16.6. The molecule has 0 radical (unpaired) electrons. The average molecular weight is 150 g/mol. The van der Waals surface area contributed by atoms with Gasteiger partial charge in [-0.05, 0) is 0 Å². The van der Waals surface area contributed by atoms with Gasteiger partial charge < -0.3 is 25.2 Å². The average Bonchev–Trinajstić information content (AvgIpc) is 1.79. The Morgan fingerprint density at radius 3 is 2.30 bits per heavy atom. The van der Waals surface area contributed by atoms with Gasteiger partial charge in [0.05, 0.1) is 0 Å². The standard InChI is InChI=1S/C5H10O5/c6-3-1-5(8,9)2-10-4(3)7/h3-4,6-9H,1-2H2. The van der Waals surface area contributed by atoms with Crippen LogP contribution in [0.25, 0.3) is 0 Å². The van der Waals surface area contributed by atoms with E-state index in [1.54, 1.807) is 0 Å². The predicted molar refractivity (Wildman–Crippen MR) is 29.8 cm³/mol. The highest BCUT2D eigenvalue weighted by Gasteiger charge is 2.37. The molecule has 0 amide bonds. The van der Waals surface area contributed by atoms with E-state index < -0.39 is 18.2 Å². The van der Waals surface area contributed by atoms with Crippen molar-refractivity contribution >= 4 is 0 Å². The fourth-order valence-electron chi connectivity index (χ4n) is 0.825. The first-order valence-electron chi connectivity index (χ1n) is 2.94. The molecule has 1 heterocycles. The maximum Gasteiger partial charge on any atom is 0.189 e. The zero-order valence-electron chi connectivity index (χ0n) is 5.27. The van der Waals surface area contributed by atoms with Crippen LogP contribution >= 0.6 is 0 Å². The van der Waals surface area contributed by atoms with E-state index in [4.69, 9.17) is 20.4 Å². The Hall–Kier alpha value is -0.200. The van der Waals surface area contributed by atoms with E-state index in [1.165, 1.54) is 0 Å². The molecular weight excluding hydrogens is 140 g/mol. The molecule has 0 saturated carbocycles. The van der Waals surface area contributed by atoms with Crippen LogP contribution in [0.1, 0.15) is 6.42 Å². The van der Waals surface area contributed by atoms with Gasteiger partial charge in [0.25, 0.3) is 0 Å². The lowest BCUT2D eigenvalue weighted by Crippen LogP contribution is -2.49. The Labute approximate surface area is 57.5 Å². The summed E-state index contributed by atoms with van der Waals surface area (Å²) in [5.41, 5.74) is 0. The van der Waals surface area contributed by atoms with Gasteiger partial charge in [-0.15, -0.1) is 0 Å². The molecule has 1 aliphatic heterocycles. The third-order valence-corrected chi connectivity index (χ3v) is 1.35. The third-order valence-electron chi connectivity index (χ3n) is 1.35. The Morgan fingerprint density at radius 2 is 1.90 bits per heavy atom. The molecule has 5 heteroatoms. The molecule has 4 N–H and O–H groups in total. The fraction of sp³-hybridized carbons (Fsp3) is 1.00. The molecule has 0 aromatic carbocycles. The fourth-order valence-corrected chi connectivity index (χ4v) is 0.825. The smallest absolute Gasteiger partial charge is 0.189 e. The molecule has 1 saturated heterocycles. The molecular formula is C5H10O5. The lowest BCUT2D eigenvalue weighted by atomic mass is 10.1. The van der Waals surface area contributed by atoms with Crippen LogP contribution < -0.4 is 0 Å². The second-order valence-corrected chi connectivity index (χ2v) is 2.46. The van der Waals surface area contributed by atoms with Gasteiger partial charge in [-0.3, -0.25) is 0 Å². The molecule has 2 atom stereocenters. The van der Waals surface area contributed by atoms with Gasteiger partial charge >= 0.3 is 0 Å². The summed E-state index contributed by atoms with van der Waals surface area (Å²) in [6, 6.07) is 0. The third kappa shape index (κ3) is 1.65. The van der Waals surface area contributed by atoms with Crippen LogP contribution in [0.3, 0.4) is 0 Å². The van der Waals surface area contributed by atoms with Crippen LogP contribution in [0.4, 0.5) is 0 Å². The maximum atomic E-state index is 8.82. The number of rotatable bonds is 0. The van der Waals surface area contributed by atoms with Gasteiger partial charge in [0.15, 0.2) is 12.1 Å². The second-order valence-electron chi connectivity index (χ2n) is 2.46. The van der Waals surface area contributed by atoms with E-state index in [1.807, 2.05) is 0 Å². The van der Waals surface area contributed by atoms with E-state index >= 15 is 0 Å². The van der Waals surface area contributed by atoms with Crippen molar-refractivity contribution in [3.05, 3.63) is 0 Å². The Kier molecular flexibility index (Phi) is 1.93. The number of aliphatic hydroxyl groups excluding tert-OH is 2. The van der Waals surface area contributed by atoms with Crippen LogP contribution in [0.2, 0.25) is 0 Å². The van der Waals surface area contributed by atoms with Gasteiger partial charge in [0.1, 0.15) is 12.7 Å². The summed E-state index contributed by atoms with van der Waals surface area (Å²) in [5, 5.41) is 35.2. The van der Waals surface area contributed by atoms with Crippen molar-refractivity contribution < 1.29 is 25.2 Å². The lowest BCUT2D eigenvalue weighted by molar-refractivity contribution is -0.301. The van der Waals surface area contributed by atoms with Gasteiger partial charge in [-0.2, -0.15) is 0 Å². The minimum atomic E-state index is -2.00. The Balaban J connectivity index is 2.49. The van der Waals surface area contributed by atoms with Gasteiger partial charge in [0.2, 0.25) is 0 Å². The summed E-state index contributed by atoms with van der Waals surface area (Å²) in [5.74, 6) is -2.00. The number of hydrogen-bond donors (Lipinski definition) is 4. The van der Waals surface area contributed by atoms with Crippen LogP contribution in [0.5, 0.6) is 0 Å². The van der Waals surface area contributed by atoms with Crippen LogP contribution in [0.15, 0.2) is 0 Å². The molecule has 2 unspecified atom stereocenters. The molecule has 5 nitrogen and oxygen atoms in total. The molecule has 10 heavy (non-hydrogen) atoms. The normalized spacial score (nSPS) is 39.6. The van der Waals surface area contributed by atoms with Crippen molar-refractivity contribution in [2.75, 3.05) is 6.61 Å². The van der Waals surface area contributed by atoms with Gasteiger partial charge in [0, 0.05) is 6.42 Å². The molecule has 0 aromatic rings. The molecule has 0 spiro atoms. The number of ether oxygens (including phenoxy) is 1. The zero-order chi connectivity index (χ0) is 7.78. The van der Waals surface area contributed by atoms with Crippen LogP contribution in [-0.2, 0) is 4.74 Å². The summed E-state index contributed by atoms with van der Waals surface area (Å²) in [4.78, 5) is 0. The highest BCUT2D eigenvalue weighted by Crippen LogP contribution is 2.19. The molecule has 0 aromatic heterocycles. The van der Waals surface area contributed by atoms with Crippen molar-refractivity contribution in [1.82, 2.24) is 0 Å². The first-order valence-corrected chi connectivity index (χ1v) is 2.94. The van der Waals surface area contributed by atoms with Crippen molar-refractivity contribution in [2.24, 2.45) is 0 Å². The summed E-state index contributed by atoms with van der Waals surface area (Å²) >= 11 is 0. The first-order chi connectivity index (χ1) is 4.51. The molecule has 60 valence electrons. The quantitative estimate of drug-likeness (QED) is 0.293. The summed E-state index contributed by atoms with van der Waals surface area (Å²) in [6.07, 6.45) is -2.80. The van der Waals surface area contributed by atoms with E-state index in [0.29, 0.717) is 0 Å². The topological polar surface area (TPSA) is 90.2 Å². The molecule has 0 aliphatic carbocycles. The lowest BCUT2D eigenvalue weighted by Gasteiger charge is -2.32. The monoisotopic (exact) mass is 150 g/mol. The molecule has 1 aliphatic rings. The van der Waals surface area contributed by atoms with Crippen LogP contribution in [0, 0.1) is 0 Å². The molecule has 1 rings (SSSR count).